The molecule has 4 heterocycles. The number of likely N-dealkylation sites (tertiary alicyclic amines) is 1. The van der Waals surface area contributed by atoms with Crippen LogP contribution < -0.4 is 0 Å². The normalized spacial score (nSPS) is 29.5. The maximum Gasteiger partial charge on any atom is 0.253 e. The monoisotopic (exact) mass is 392 g/mol. The van der Waals surface area contributed by atoms with Gasteiger partial charge >= 0.3 is 0 Å². The fourth-order valence-corrected chi connectivity index (χ4v) is 6.11. The van der Waals surface area contributed by atoms with E-state index in [4.69, 9.17) is 0 Å². The molecule has 1 aromatic carbocycles. The molecule has 0 spiro atoms. The van der Waals surface area contributed by atoms with Gasteiger partial charge in [-0.05, 0) is 61.8 Å². The molecule has 0 unspecified atom stereocenters. The molecule has 0 N–H and O–H groups in total. The predicted molar refractivity (Wildman–Crippen MR) is 114 cm³/mol. The van der Waals surface area contributed by atoms with Gasteiger partial charge in [0.15, 0.2) is 0 Å². The van der Waals surface area contributed by atoms with Crippen LogP contribution in [0.5, 0.6) is 0 Å². The van der Waals surface area contributed by atoms with Crippen LogP contribution in [-0.2, 0) is 0 Å². The van der Waals surface area contributed by atoms with Gasteiger partial charge in [0.2, 0.25) is 0 Å². The van der Waals surface area contributed by atoms with Gasteiger partial charge < -0.3 is 4.90 Å². The number of hydrogen-bond acceptors (Lipinski definition) is 3. The largest absolute Gasteiger partial charge is 0.338 e. The summed E-state index contributed by atoms with van der Waals surface area (Å²) in [5, 5.41) is 4.30. The first kappa shape index (κ1) is 18.9. The molecule has 2 bridgehead atoms. The van der Waals surface area contributed by atoms with Crippen LogP contribution in [0.15, 0.2) is 42.7 Å². The van der Waals surface area contributed by atoms with Crippen molar-refractivity contribution in [3.63, 3.8) is 0 Å². The van der Waals surface area contributed by atoms with Crippen molar-refractivity contribution in [3.05, 3.63) is 48.3 Å². The highest BCUT2D eigenvalue weighted by Crippen LogP contribution is 2.40. The van der Waals surface area contributed by atoms with Crippen molar-refractivity contribution in [3.8, 4) is 5.69 Å². The number of carbonyl (C=O) groups is 1. The summed E-state index contributed by atoms with van der Waals surface area (Å²) in [5.74, 6) is 1.45. The van der Waals surface area contributed by atoms with Gasteiger partial charge in [-0.25, -0.2) is 4.68 Å². The number of piperidine rings is 3. The van der Waals surface area contributed by atoms with Crippen LogP contribution in [-0.4, -0.2) is 57.2 Å². The van der Waals surface area contributed by atoms with Crippen molar-refractivity contribution in [1.82, 2.24) is 19.6 Å². The Morgan fingerprint density at radius 3 is 2.93 bits per heavy atom. The molecule has 5 heteroatoms. The van der Waals surface area contributed by atoms with E-state index in [0.717, 1.165) is 30.4 Å². The van der Waals surface area contributed by atoms with Crippen LogP contribution in [0.25, 0.3) is 5.69 Å². The molecular formula is C24H32N4O. The van der Waals surface area contributed by atoms with Crippen molar-refractivity contribution in [2.45, 2.75) is 57.5 Å². The van der Waals surface area contributed by atoms with Gasteiger partial charge in [-0.1, -0.05) is 25.8 Å². The van der Waals surface area contributed by atoms with Gasteiger partial charge in [0, 0.05) is 49.7 Å². The zero-order valence-corrected chi connectivity index (χ0v) is 17.4. The summed E-state index contributed by atoms with van der Waals surface area (Å²) in [5.41, 5.74) is 1.72. The van der Waals surface area contributed by atoms with Crippen LogP contribution in [0.1, 0.15) is 55.8 Å². The van der Waals surface area contributed by atoms with Crippen LogP contribution in [0.4, 0.5) is 0 Å². The molecule has 2 aromatic rings. The second kappa shape index (κ2) is 7.94. The number of nitrogens with zero attached hydrogens (tertiary/aromatic N) is 4. The highest BCUT2D eigenvalue weighted by molar-refractivity contribution is 5.94. The average molecular weight is 393 g/mol. The maximum absolute atomic E-state index is 13.4. The Morgan fingerprint density at radius 1 is 1.17 bits per heavy atom. The lowest BCUT2D eigenvalue weighted by Gasteiger charge is -2.55. The number of amides is 1. The average Bonchev–Trinajstić information content (AvgIpc) is 3.29. The third-order valence-electron chi connectivity index (χ3n) is 7.29. The van der Waals surface area contributed by atoms with Crippen molar-refractivity contribution >= 4 is 5.91 Å². The first-order valence-electron chi connectivity index (χ1n) is 11.4. The summed E-state index contributed by atoms with van der Waals surface area (Å²) in [6.07, 6.45) is 11.6. The molecule has 3 saturated heterocycles. The third-order valence-corrected chi connectivity index (χ3v) is 7.29. The second-order valence-corrected chi connectivity index (χ2v) is 9.21. The first-order chi connectivity index (χ1) is 14.2. The highest BCUT2D eigenvalue weighted by Gasteiger charge is 2.45. The molecule has 154 valence electrons. The number of benzene rings is 1. The second-order valence-electron chi connectivity index (χ2n) is 9.21. The summed E-state index contributed by atoms with van der Waals surface area (Å²) in [7, 11) is 0. The van der Waals surface area contributed by atoms with E-state index < -0.39 is 0 Å². The molecule has 4 atom stereocenters. The fraction of sp³-hybridized carbons (Fsp3) is 0.583. The van der Waals surface area contributed by atoms with E-state index in [-0.39, 0.29) is 5.91 Å². The van der Waals surface area contributed by atoms with Crippen LogP contribution in [0.2, 0.25) is 0 Å². The molecule has 1 amide bonds. The minimum Gasteiger partial charge on any atom is -0.338 e. The van der Waals surface area contributed by atoms with E-state index in [0.29, 0.717) is 17.9 Å². The summed E-state index contributed by atoms with van der Waals surface area (Å²) < 4.78 is 1.81. The lowest BCUT2D eigenvalue weighted by Crippen LogP contribution is -2.62. The van der Waals surface area contributed by atoms with E-state index in [1.54, 1.807) is 6.20 Å². The lowest BCUT2D eigenvalue weighted by atomic mass is 9.74. The number of aromatic nitrogens is 2. The third kappa shape index (κ3) is 3.61. The summed E-state index contributed by atoms with van der Waals surface area (Å²) in [6, 6.07) is 11.3. The highest BCUT2D eigenvalue weighted by atomic mass is 16.2. The number of carbonyl (C=O) groups excluding carboxylic acids is 1. The molecule has 3 aliphatic rings. The Hall–Kier alpha value is -2.14. The molecule has 1 aromatic heterocycles. The van der Waals surface area contributed by atoms with Gasteiger partial charge in [0.25, 0.3) is 5.91 Å². The standard InChI is InChI=1S/C24H32N4O/c1-2-6-21-8-4-10-23-20-13-18(16-27(21)23)15-26(17-20)24(29)19-7-3-9-22(14-19)28-12-5-11-25-28/h3,5,7,9,11-12,14,18,20-21,23H,2,4,6,8,10,13,15-17H2,1H3/t18-,20+,21-,23-/m0/s1. The van der Waals surface area contributed by atoms with Crippen LogP contribution in [0, 0.1) is 11.8 Å². The smallest absolute Gasteiger partial charge is 0.253 e. The maximum atomic E-state index is 13.4. The minimum atomic E-state index is 0.183. The zero-order chi connectivity index (χ0) is 19.8. The van der Waals surface area contributed by atoms with Gasteiger partial charge in [0.1, 0.15) is 0 Å². The van der Waals surface area contributed by atoms with Gasteiger partial charge in [-0.15, -0.1) is 0 Å². The van der Waals surface area contributed by atoms with Crippen molar-refractivity contribution < 1.29 is 4.79 Å². The first-order valence-corrected chi connectivity index (χ1v) is 11.4. The molecular weight excluding hydrogens is 360 g/mol. The summed E-state index contributed by atoms with van der Waals surface area (Å²) in [6.45, 7) is 5.32. The van der Waals surface area contributed by atoms with E-state index in [1.807, 2.05) is 41.2 Å². The molecule has 3 fully saturated rings. The molecule has 29 heavy (non-hydrogen) atoms. The summed E-state index contributed by atoms with van der Waals surface area (Å²) in [4.78, 5) is 18.3. The minimum absolute atomic E-state index is 0.183. The summed E-state index contributed by atoms with van der Waals surface area (Å²) >= 11 is 0. The molecule has 0 radical (unpaired) electrons. The van der Waals surface area contributed by atoms with Gasteiger partial charge in [0.05, 0.1) is 5.69 Å². The Morgan fingerprint density at radius 2 is 2.10 bits per heavy atom. The van der Waals surface area contributed by atoms with E-state index in [2.05, 4.69) is 21.8 Å². The molecule has 5 rings (SSSR count). The Kier molecular flexibility index (Phi) is 5.17. The topological polar surface area (TPSA) is 41.4 Å². The molecule has 3 aliphatic heterocycles. The Balaban J connectivity index is 1.33. The van der Waals surface area contributed by atoms with Gasteiger partial charge in [-0.3, -0.25) is 9.69 Å². The molecule has 0 aliphatic carbocycles. The van der Waals surface area contributed by atoms with Crippen LogP contribution in [0.3, 0.4) is 0 Å². The predicted octanol–water partition coefficient (Wildman–Crippen LogP) is 3.99. The van der Waals surface area contributed by atoms with Crippen molar-refractivity contribution in [2.75, 3.05) is 19.6 Å². The Labute approximate surface area is 173 Å². The quantitative estimate of drug-likeness (QED) is 0.790. The fourth-order valence-electron chi connectivity index (χ4n) is 6.11. The molecule has 5 nitrogen and oxygen atoms in total. The Bertz CT molecular complexity index is 846. The lowest BCUT2D eigenvalue weighted by molar-refractivity contribution is -0.0519. The van der Waals surface area contributed by atoms with Crippen molar-refractivity contribution in [2.24, 2.45) is 11.8 Å². The zero-order valence-electron chi connectivity index (χ0n) is 17.4. The van der Waals surface area contributed by atoms with E-state index >= 15 is 0 Å². The molecule has 0 saturated carbocycles. The van der Waals surface area contributed by atoms with E-state index in [9.17, 15) is 4.79 Å². The van der Waals surface area contributed by atoms with Gasteiger partial charge in [-0.2, -0.15) is 5.10 Å². The van der Waals surface area contributed by atoms with Crippen molar-refractivity contribution in [1.29, 1.82) is 0 Å². The SMILES string of the molecule is CCC[C@H]1CCC[C@H]2[C@@H]3C[C@@H](CN(C(=O)c4cccc(-n5cccn5)c4)C3)CN12. The van der Waals surface area contributed by atoms with Crippen LogP contribution >= 0.6 is 0 Å². The van der Waals surface area contributed by atoms with E-state index in [1.165, 1.54) is 45.1 Å². The number of hydrogen-bond donors (Lipinski definition) is 0. The number of rotatable bonds is 4. The number of fused-ring (bicyclic) bond motifs is 4.